The molecule has 0 saturated carbocycles. The van der Waals surface area contributed by atoms with Crippen molar-refractivity contribution in [2.75, 3.05) is 0 Å². The number of aldehydes is 1. The van der Waals surface area contributed by atoms with Gasteiger partial charge in [0.25, 0.3) is 0 Å². The Kier molecular flexibility index (Phi) is 3.65. The maximum Gasteiger partial charge on any atom is 0.125 e. The molecule has 2 unspecified atom stereocenters. The number of hydrogen-bond acceptors (Lipinski definition) is 2. The van der Waals surface area contributed by atoms with Crippen LogP contribution in [0.25, 0.3) is 0 Å². The van der Waals surface area contributed by atoms with Crippen molar-refractivity contribution in [3.63, 3.8) is 0 Å². The normalized spacial score (nSPS) is 14.9. The summed E-state index contributed by atoms with van der Waals surface area (Å²) in [6, 6.07) is 9.67. The molecule has 1 aromatic rings. The zero-order chi connectivity index (χ0) is 9.68. The van der Waals surface area contributed by atoms with Crippen LogP contribution in [0.1, 0.15) is 12.5 Å². The van der Waals surface area contributed by atoms with Gasteiger partial charge in [-0.25, -0.2) is 0 Å². The summed E-state index contributed by atoms with van der Waals surface area (Å²) >= 11 is 0. The lowest BCUT2D eigenvalue weighted by atomic mass is 9.99. The maximum atomic E-state index is 10.4. The van der Waals surface area contributed by atoms with Crippen LogP contribution in [0.2, 0.25) is 0 Å². The lowest BCUT2D eigenvalue weighted by Gasteiger charge is -2.12. The fourth-order valence-corrected chi connectivity index (χ4v) is 1.13. The molecule has 0 amide bonds. The summed E-state index contributed by atoms with van der Waals surface area (Å²) in [5, 5.41) is 9.54. The first kappa shape index (κ1) is 9.93. The van der Waals surface area contributed by atoms with Crippen molar-refractivity contribution in [1.82, 2.24) is 0 Å². The predicted octanol–water partition coefficient (Wildman–Crippen LogP) is 1.43. The summed E-state index contributed by atoms with van der Waals surface area (Å²) in [5.74, 6) is -0.291. The van der Waals surface area contributed by atoms with Gasteiger partial charge in [-0.05, 0) is 12.0 Å². The van der Waals surface area contributed by atoms with Crippen molar-refractivity contribution < 1.29 is 9.90 Å². The lowest BCUT2D eigenvalue weighted by Crippen LogP contribution is -2.21. The van der Waals surface area contributed by atoms with Crippen LogP contribution in [0.3, 0.4) is 0 Å². The molecule has 0 aliphatic heterocycles. The van der Waals surface area contributed by atoms with E-state index in [0.717, 1.165) is 11.8 Å². The van der Waals surface area contributed by atoms with Crippen LogP contribution in [-0.4, -0.2) is 17.5 Å². The van der Waals surface area contributed by atoms with E-state index in [1.54, 1.807) is 6.92 Å². The Morgan fingerprint density at radius 3 is 2.54 bits per heavy atom. The standard InChI is InChI=1S/C11H14O2/c1-9(8-12)11(13)7-10-5-3-2-4-6-10/h2-6,8-9,11,13H,7H2,1H3. The minimum absolute atomic E-state index is 0.291. The summed E-state index contributed by atoms with van der Waals surface area (Å²) in [6.45, 7) is 1.72. The summed E-state index contributed by atoms with van der Waals surface area (Å²) in [4.78, 5) is 10.4. The van der Waals surface area contributed by atoms with E-state index in [2.05, 4.69) is 0 Å². The van der Waals surface area contributed by atoms with Crippen molar-refractivity contribution in [1.29, 1.82) is 0 Å². The van der Waals surface area contributed by atoms with Crippen LogP contribution in [0.5, 0.6) is 0 Å². The van der Waals surface area contributed by atoms with Gasteiger partial charge in [0.05, 0.1) is 6.10 Å². The Morgan fingerprint density at radius 2 is 2.00 bits per heavy atom. The molecule has 1 aromatic carbocycles. The summed E-state index contributed by atoms with van der Waals surface area (Å²) in [6.07, 6.45) is 0.758. The highest BCUT2D eigenvalue weighted by Gasteiger charge is 2.12. The molecule has 0 heterocycles. The van der Waals surface area contributed by atoms with E-state index in [1.807, 2.05) is 30.3 Å². The molecule has 1 N–H and O–H groups in total. The van der Waals surface area contributed by atoms with Gasteiger partial charge >= 0.3 is 0 Å². The Balaban J connectivity index is 2.54. The highest BCUT2D eigenvalue weighted by atomic mass is 16.3. The zero-order valence-corrected chi connectivity index (χ0v) is 7.68. The van der Waals surface area contributed by atoms with Crippen LogP contribution < -0.4 is 0 Å². The van der Waals surface area contributed by atoms with E-state index in [9.17, 15) is 9.90 Å². The Morgan fingerprint density at radius 1 is 1.38 bits per heavy atom. The second-order valence-electron chi connectivity index (χ2n) is 3.25. The molecule has 0 aliphatic carbocycles. The third kappa shape index (κ3) is 2.99. The molecule has 2 heteroatoms. The molecule has 2 atom stereocenters. The molecule has 0 fully saturated rings. The van der Waals surface area contributed by atoms with E-state index in [1.165, 1.54) is 0 Å². The second kappa shape index (κ2) is 4.77. The van der Waals surface area contributed by atoms with Crippen molar-refractivity contribution in [2.24, 2.45) is 5.92 Å². The van der Waals surface area contributed by atoms with Gasteiger partial charge in [0.2, 0.25) is 0 Å². The maximum absolute atomic E-state index is 10.4. The smallest absolute Gasteiger partial charge is 0.125 e. The largest absolute Gasteiger partial charge is 0.392 e. The topological polar surface area (TPSA) is 37.3 Å². The molecular formula is C11H14O2. The summed E-state index contributed by atoms with van der Waals surface area (Å²) in [5.41, 5.74) is 1.06. The highest BCUT2D eigenvalue weighted by molar-refractivity contribution is 5.53. The minimum Gasteiger partial charge on any atom is -0.392 e. The first-order valence-corrected chi connectivity index (χ1v) is 4.41. The number of carbonyl (C=O) groups is 1. The molecule has 13 heavy (non-hydrogen) atoms. The molecule has 0 spiro atoms. The van der Waals surface area contributed by atoms with Gasteiger partial charge in [-0.1, -0.05) is 37.3 Å². The SMILES string of the molecule is CC(C=O)C(O)Cc1ccccc1. The molecule has 0 radical (unpaired) electrons. The third-order valence-corrected chi connectivity index (χ3v) is 2.11. The van der Waals surface area contributed by atoms with Gasteiger partial charge in [0.1, 0.15) is 6.29 Å². The van der Waals surface area contributed by atoms with Crippen molar-refractivity contribution in [3.8, 4) is 0 Å². The van der Waals surface area contributed by atoms with Gasteiger partial charge in [-0.15, -0.1) is 0 Å². The third-order valence-electron chi connectivity index (χ3n) is 2.11. The van der Waals surface area contributed by atoms with E-state index >= 15 is 0 Å². The first-order chi connectivity index (χ1) is 6.24. The molecule has 0 aromatic heterocycles. The Hall–Kier alpha value is -1.15. The van der Waals surface area contributed by atoms with Gasteiger partial charge < -0.3 is 9.90 Å². The number of carbonyl (C=O) groups excluding carboxylic acids is 1. The minimum atomic E-state index is -0.570. The number of aliphatic hydroxyl groups is 1. The quantitative estimate of drug-likeness (QED) is 0.708. The molecule has 0 saturated heterocycles. The van der Waals surface area contributed by atoms with Crippen LogP contribution in [0, 0.1) is 5.92 Å². The fourth-order valence-electron chi connectivity index (χ4n) is 1.13. The van der Waals surface area contributed by atoms with E-state index in [0.29, 0.717) is 6.42 Å². The first-order valence-electron chi connectivity index (χ1n) is 4.41. The summed E-state index contributed by atoms with van der Waals surface area (Å²) in [7, 11) is 0. The van der Waals surface area contributed by atoms with Gasteiger partial charge in [-0.2, -0.15) is 0 Å². The second-order valence-corrected chi connectivity index (χ2v) is 3.25. The number of benzene rings is 1. The van der Waals surface area contributed by atoms with Gasteiger partial charge in [0.15, 0.2) is 0 Å². The monoisotopic (exact) mass is 178 g/mol. The fraction of sp³-hybridized carbons (Fsp3) is 0.364. The highest BCUT2D eigenvalue weighted by Crippen LogP contribution is 2.08. The number of hydrogen-bond donors (Lipinski definition) is 1. The molecule has 0 bridgehead atoms. The van der Waals surface area contributed by atoms with Crippen molar-refractivity contribution in [2.45, 2.75) is 19.4 Å². The molecule has 2 nitrogen and oxygen atoms in total. The predicted molar refractivity (Wildman–Crippen MR) is 51.4 cm³/mol. The number of aliphatic hydroxyl groups excluding tert-OH is 1. The van der Waals surface area contributed by atoms with E-state index in [4.69, 9.17) is 0 Å². The molecular weight excluding hydrogens is 164 g/mol. The Labute approximate surface area is 78.2 Å². The summed E-state index contributed by atoms with van der Waals surface area (Å²) < 4.78 is 0. The van der Waals surface area contributed by atoms with Gasteiger partial charge in [0, 0.05) is 5.92 Å². The van der Waals surface area contributed by atoms with Crippen LogP contribution >= 0.6 is 0 Å². The van der Waals surface area contributed by atoms with Crippen LogP contribution in [-0.2, 0) is 11.2 Å². The van der Waals surface area contributed by atoms with E-state index in [-0.39, 0.29) is 5.92 Å². The van der Waals surface area contributed by atoms with Gasteiger partial charge in [-0.3, -0.25) is 0 Å². The average molecular weight is 178 g/mol. The number of rotatable bonds is 4. The van der Waals surface area contributed by atoms with E-state index < -0.39 is 6.10 Å². The van der Waals surface area contributed by atoms with Crippen molar-refractivity contribution >= 4 is 6.29 Å². The van der Waals surface area contributed by atoms with Crippen LogP contribution in [0.15, 0.2) is 30.3 Å². The molecule has 1 rings (SSSR count). The molecule has 70 valence electrons. The zero-order valence-electron chi connectivity index (χ0n) is 7.68. The van der Waals surface area contributed by atoms with Crippen LogP contribution in [0.4, 0.5) is 0 Å². The Bertz CT molecular complexity index is 256. The average Bonchev–Trinajstić information content (AvgIpc) is 2.18. The molecule has 0 aliphatic rings. The van der Waals surface area contributed by atoms with Crippen molar-refractivity contribution in [3.05, 3.63) is 35.9 Å². The lowest BCUT2D eigenvalue weighted by molar-refractivity contribution is -0.113.